The van der Waals surface area contributed by atoms with E-state index in [-0.39, 0.29) is 6.42 Å². The molecule has 2 nitrogen and oxygen atoms in total. The van der Waals surface area contributed by atoms with E-state index < -0.39 is 16.0 Å². The summed E-state index contributed by atoms with van der Waals surface area (Å²) in [6, 6.07) is 8.91. The second-order valence-electron chi connectivity index (χ2n) is 3.22. The molecule has 0 aliphatic rings. The minimum Gasteiger partial charge on any atom is -0.389 e. The van der Waals surface area contributed by atoms with E-state index in [1.807, 2.05) is 6.07 Å². The third kappa shape index (κ3) is 4.17. The topological polar surface area (TPSA) is 40.5 Å². The van der Waals surface area contributed by atoms with Crippen molar-refractivity contribution in [1.29, 1.82) is 0 Å². The monoisotopic (exact) mass is 268 g/mol. The van der Waals surface area contributed by atoms with Gasteiger partial charge in [-0.3, -0.25) is 0 Å². The molecule has 0 bridgehead atoms. The van der Waals surface area contributed by atoms with Crippen molar-refractivity contribution in [2.45, 2.75) is 22.4 Å². The fourth-order valence-electron chi connectivity index (χ4n) is 1.16. The van der Waals surface area contributed by atoms with Crippen LogP contribution in [-0.4, -0.2) is 20.1 Å². The molecular weight excluding hydrogens is 258 g/mol. The number of hydrogen-bond donors (Lipinski definition) is 2. The predicted octanol–water partition coefficient (Wildman–Crippen LogP) is 2.84. The van der Waals surface area contributed by atoms with Crippen molar-refractivity contribution in [2.24, 2.45) is 0 Å². The van der Waals surface area contributed by atoms with Crippen molar-refractivity contribution in [2.75, 3.05) is 0 Å². The highest BCUT2D eigenvalue weighted by Crippen LogP contribution is 2.34. The van der Waals surface area contributed by atoms with E-state index in [1.54, 1.807) is 24.3 Å². The predicted molar refractivity (Wildman–Crippen MR) is 62.3 cm³/mol. The van der Waals surface area contributed by atoms with Gasteiger partial charge < -0.3 is 10.2 Å². The Morgan fingerprint density at radius 2 is 1.60 bits per heavy atom. The molecule has 0 aliphatic heterocycles. The van der Waals surface area contributed by atoms with Gasteiger partial charge in [0.15, 0.2) is 0 Å². The van der Waals surface area contributed by atoms with E-state index in [0.717, 1.165) is 0 Å². The van der Waals surface area contributed by atoms with Crippen molar-refractivity contribution in [3.05, 3.63) is 35.9 Å². The Kier molecular flexibility index (Phi) is 4.68. The van der Waals surface area contributed by atoms with Gasteiger partial charge in [-0.05, 0) is 5.56 Å². The van der Waals surface area contributed by atoms with Gasteiger partial charge in [0.05, 0.1) is 6.10 Å². The average molecular weight is 270 g/mol. The smallest absolute Gasteiger partial charge is 0.216 e. The molecule has 0 fully saturated rings. The van der Waals surface area contributed by atoms with Gasteiger partial charge in [-0.15, -0.1) is 0 Å². The Hall–Kier alpha value is 0.01000. The second kappa shape index (κ2) is 5.37. The van der Waals surface area contributed by atoms with E-state index in [0.29, 0.717) is 5.56 Å². The first-order chi connectivity index (χ1) is 6.91. The Balaban J connectivity index is 2.61. The van der Waals surface area contributed by atoms with Crippen LogP contribution in [0, 0.1) is 0 Å². The van der Waals surface area contributed by atoms with Gasteiger partial charge in [-0.1, -0.05) is 65.1 Å². The molecule has 2 N–H and O–H groups in total. The molecule has 0 spiro atoms. The molecule has 0 saturated heterocycles. The zero-order valence-corrected chi connectivity index (χ0v) is 10.0. The summed E-state index contributed by atoms with van der Waals surface area (Å²) < 4.78 is -1.77. The van der Waals surface area contributed by atoms with Crippen LogP contribution in [-0.2, 0) is 0 Å². The maximum Gasteiger partial charge on any atom is 0.216 e. The lowest BCUT2D eigenvalue weighted by Gasteiger charge is -2.21. The number of alkyl halides is 3. The highest BCUT2D eigenvalue weighted by atomic mass is 35.6. The molecule has 0 aliphatic carbocycles. The third-order valence-electron chi connectivity index (χ3n) is 2.01. The molecule has 1 aromatic carbocycles. The number of benzene rings is 1. The minimum absolute atomic E-state index is 0.0134. The van der Waals surface area contributed by atoms with E-state index in [2.05, 4.69) is 0 Å². The van der Waals surface area contributed by atoms with Crippen LogP contribution in [0.3, 0.4) is 0 Å². The molecule has 0 radical (unpaired) electrons. The Bertz CT molecular complexity index is 297. The molecule has 2 atom stereocenters. The van der Waals surface area contributed by atoms with Crippen LogP contribution in [0.5, 0.6) is 0 Å². The Labute approximate surface area is 103 Å². The van der Waals surface area contributed by atoms with Crippen LogP contribution in [0.15, 0.2) is 30.3 Å². The lowest BCUT2D eigenvalue weighted by Crippen LogP contribution is -2.27. The molecule has 0 saturated carbocycles. The number of rotatable bonds is 3. The van der Waals surface area contributed by atoms with Crippen molar-refractivity contribution in [3.8, 4) is 0 Å². The van der Waals surface area contributed by atoms with Crippen LogP contribution < -0.4 is 0 Å². The van der Waals surface area contributed by atoms with Gasteiger partial charge in [0.1, 0.15) is 6.10 Å². The fourth-order valence-corrected chi connectivity index (χ4v) is 1.42. The molecular formula is C10H11Cl3O2. The standard InChI is InChI=1S/C10H11Cl3O2/c11-10(12,13)9(15)6-8(14)7-4-2-1-3-5-7/h1-5,8-9,14-15H,6H2. The molecule has 84 valence electrons. The first-order valence-corrected chi connectivity index (χ1v) is 5.52. The average Bonchev–Trinajstić information content (AvgIpc) is 2.17. The van der Waals surface area contributed by atoms with Crippen LogP contribution in [0.4, 0.5) is 0 Å². The Morgan fingerprint density at radius 1 is 1.07 bits per heavy atom. The normalized spacial score (nSPS) is 16.1. The van der Waals surface area contributed by atoms with Gasteiger partial charge in [0.2, 0.25) is 3.79 Å². The maximum atomic E-state index is 9.72. The molecule has 0 amide bonds. The van der Waals surface area contributed by atoms with Crippen LogP contribution in [0.2, 0.25) is 0 Å². The molecule has 15 heavy (non-hydrogen) atoms. The van der Waals surface area contributed by atoms with E-state index in [1.165, 1.54) is 0 Å². The van der Waals surface area contributed by atoms with Gasteiger partial charge in [0, 0.05) is 6.42 Å². The zero-order valence-electron chi connectivity index (χ0n) is 7.78. The summed E-state index contributed by atoms with van der Waals surface area (Å²) in [5.74, 6) is 0. The number of aliphatic hydroxyl groups is 2. The van der Waals surface area contributed by atoms with Crippen LogP contribution >= 0.6 is 34.8 Å². The van der Waals surface area contributed by atoms with Gasteiger partial charge in [-0.2, -0.15) is 0 Å². The summed E-state index contributed by atoms with van der Waals surface area (Å²) in [7, 11) is 0. The lowest BCUT2D eigenvalue weighted by atomic mass is 10.0. The molecule has 5 heteroatoms. The van der Waals surface area contributed by atoms with E-state index in [9.17, 15) is 10.2 Å². The zero-order chi connectivity index (χ0) is 11.5. The summed E-state index contributed by atoms with van der Waals surface area (Å²) >= 11 is 16.5. The molecule has 0 heterocycles. The largest absolute Gasteiger partial charge is 0.389 e. The van der Waals surface area contributed by atoms with E-state index >= 15 is 0 Å². The molecule has 1 aromatic rings. The highest BCUT2D eigenvalue weighted by molar-refractivity contribution is 6.68. The minimum atomic E-state index is -1.77. The first-order valence-electron chi connectivity index (χ1n) is 4.39. The van der Waals surface area contributed by atoms with Crippen molar-refractivity contribution in [3.63, 3.8) is 0 Å². The quantitative estimate of drug-likeness (QED) is 0.829. The summed E-state index contributed by atoms with van der Waals surface area (Å²) in [4.78, 5) is 0. The summed E-state index contributed by atoms with van der Waals surface area (Å²) in [6.07, 6.45) is -2.05. The third-order valence-corrected chi connectivity index (χ3v) is 2.76. The summed E-state index contributed by atoms with van der Waals surface area (Å²) in [5, 5.41) is 19.2. The lowest BCUT2D eigenvalue weighted by molar-refractivity contribution is 0.0826. The maximum absolute atomic E-state index is 9.72. The van der Waals surface area contributed by atoms with Crippen LogP contribution in [0.1, 0.15) is 18.1 Å². The Morgan fingerprint density at radius 3 is 2.07 bits per heavy atom. The highest BCUT2D eigenvalue weighted by Gasteiger charge is 2.32. The number of aliphatic hydroxyl groups excluding tert-OH is 2. The summed E-state index contributed by atoms with van der Waals surface area (Å²) in [6.45, 7) is 0. The summed E-state index contributed by atoms with van der Waals surface area (Å²) in [5.41, 5.74) is 0.686. The molecule has 2 unspecified atom stereocenters. The van der Waals surface area contributed by atoms with Crippen molar-refractivity contribution >= 4 is 34.8 Å². The molecule has 0 aromatic heterocycles. The van der Waals surface area contributed by atoms with Crippen LogP contribution in [0.25, 0.3) is 0 Å². The van der Waals surface area contributed by atoms with Crippen molar-refractivity contribution in [1.82, 2.24) is 0 Å². The molecule has 1 rings (SSSR count). The number of halogens is 3. The van der Waals surface area contributed by atoms with Gasteiger partial charge in [0.25, 0.3) is 0 Å². The SMILES string of the molecule is OC(CC(O)C(Cl)(Cl)Cl)c1ccccc1. The second-order valence-corrected chi connectivity index (χ2v) is 5.59. The van der Waals surface area contributed by atoms with E-state index in [4.69, 9.17) is 34.8 Å². The first kappa shape index (κ1) is 13.1. The van der Waals surface area contributed by atoms with Gasteiger partial charge in [-0.25, -0.2) is 0 Å². The van der Waals surface area contributed by atoms with Crippen molar-refractivity contribution < 1.29 is 10.2 Å². The number of hydrogen-bond acceptors (Lipinski definition) is 2. The van der Waals surface area contributed by atoms with Gasteiger partial charge >= 0.3 is 0 Å². The fraction of sp³-hybridized carbons (Fsp3) is 0.400.